The average Bonchev–Trinajstić information content (AvgIpc) is 2.33. The van der Waals surface area contributed by atoms with Crippen LogP contribution in [-0.4, -0.2) is 25.8 Å². The minimum absolute atomic E-state index is 0.00102. The predicted octanol–water partition coefficient (Wildman–Crippen LogP) is 2.51. The first-order valence-electron chi connectivity index (χ1n) is 5.72. The normalized spacial score (nSPS) is 17.3. The first-order valence-corrected chi connectivity index (χ1v) is 7.96. The number of hydrogen-bond acceptors (Lipinski definition) is 3. The van der Waals surface area contributed by atoms with Gasteiger partial charge >= 0.3 is 0 Å². The smallest absolute Gasteiger partial charge is 0.244 e. The van der Waals surface area contributed by atoms with Gasteiger partial charge in [0.2, 0.25) is 10.0 Å². The van der Waals surface area contributed by atoms with Gasteiger partial charge in [0, 0.05) is 17.6 Å². The lowest BCUT2D eigenvalue weighted by molar-refractivity contribution is 0.427. The summed E-state index contributed by atoms with van der Waals surface area (Å²) in [5.41, 5.74) is 6.28. The number of benzene rings is 1. The van der Waals surface area contributed by atoms with Gasteiger partial charge in [-0.25, -0.2) is 12.8 Å². The second-order valence-electron chi connectivity index (χ2n) is 4.48. The van der Waals surface area contributed by atoms with Gasteiger partial charge in [-0.1, -0.05) is 11.6 Å². The Morgan fingerprint density at radius 3 is 2.74 bits per heavy atom. The zero-order valence-corrected chi connectivity index (χ0v) is 12.8. The molecule has 4 nitrogen and oxygen atoms in total. The van der Waals surface area contributed by atoms with E-state index >= 15 is 0 Å². The van der Waals surface area contributed by atoms with Crippen LogP contribution in [0.4, 0.5) is 10.1 Å². The molecule has 1 aromatic rings. The number of sulfonamides is 1. The van der Waals surface area contributed by atoms with E-state index in [1.165, 1.54) is 4.31 Å². The van der Waals surface area contributed by atoms with Gasteiger partial charge < -0.3 is 5.73 Å². The highest BCUT2D eigenvalue weighted by molar-refractivity contribution is 9.10. The predicted molar refractivity (Wildman–Crippen MR) is 75.6 cm³/mol. The summed E-state index contributed by atoms with van der Waals surface area (Å²) in [7, 11) is -3.67. The number of nitrogens with zero attached hydrogens (tertiary/aromatic N) is 1. The molecule has 0 aliphatic carbocycles. The molecular weight excluding hydrogens is 335 g/mol. The van der Waals surface area contributed by atoms with Crippen LogP contribution in [0.3, 0.4) is 0 Å². The van der Waals surface area contributed by atoms with E-state index in [-0.39, 0.29) is 15.1 Å². The lowest BCUT2D eigenvalue weighted by Crippen LogP contribution is -2.35. The van der Waals surface area contributed by atoms with Crippen molar-refractivity contribution in [1.29, 1.82) is 0 Å². The molecular formula is C12H14BrFN2O2S. The Bertz CT molecular complexity index is 643. The Kier molecular flexibility index (Phi) is 3.98. The zero-order chi connectivity index (χ0) is 14.2. The average molecular weight is 349 g/mol. The van der Waals surface area contributed by atoms with Gasteiger partial charge in [0.1, 0.15) is 5.82 Å². The van der Waals surface area contributed by atoms with Crippen molar-refractivity contribution in [1.82, 2.24) is 4.31 Å². The van der Waals surface area contributed by atoms with Gasteiger partial charge in [-0.15, -0.1) is 0 Å². The van der Waals surface area contributed by atoms with Crippen molar-refractivity contribution in [3.63, 3.8) is 0 Å². The molecule has 0 saturated heterocycles. The number of nitrogens with two attached hydrogens (primary N) is 1. The van der Waals surface area contributed by atoms with Crippen LogP contribution in [-0.2, 0) is 10.0 Å². The zero-order valence-electron chi connectivity index (χ0n) is 10.4. The van der Waals surface area contributed by atoms with Crippen LogP contribution >= 0.6 is 15.9 Å². The van der Waals surface area contributed by atoms with E-state index in [0.29, 0.717) is 19.5 Å². The minimum atomic E-state index is -3.67. The maximum Gasteiger partial charge on any atom is 0.244 e. The number of halogens is 2. The second kappa shape index (κ2) is 5.22. The largest absolute Gasteiger partial charge is 0.396 e. The number of rotatable bonds is 2. The van der Waals surface area contributed by atoms with Crippen molar-refractivity contribution in [2.24, 2.45) is 0 Å². The summed E-state index contributed by atoms with van der Waals surface area (Å²) in [4.78, 5) is 0.00102. The summed E-state index contributed by atoms with van der Waals surface area (Å²) >= 11 is 3.08. The number of anilines is 1. The van der Waals surface area contributed by atoms with Gasteiger partial charge in [-0.3, -0.25) is 0 Å². The molecule has 1 heterocycles. The van der Waals surface area contributed by atoms with Crippen molar-refractivity contribution in [3.8, 4) is 0 Å². The Balaban J connectivity index is 2.45. The van der Waals surface area contributed by atoms with E-state index in [9.17, 15) is 12.8 Å². The van der Waals surface area contributed by atoms with Gasteiger partial charge in [0.15, 0.2) is 0 Å². The van der Waals surface area contributed by atoms with E-state index in [2.05, 4.69) is 15.9 Å². The van der Waals surface area contributed by atoms with E-state index in [1.54, 1.807) is 0 Å². The van der Waals surface area contributed by atoms with Crippen LogP contribution in [0.5, 0.6) is 0 Å². The van der Waals surface area contributed by atoms with Crippen LogP contribution in [0.1, 0.15) is 13.3 Å². The summed E-state index contributed by atoms with van der Waals surface area (Å²) in [6.07, 6.45) is 2.69. The summed E-state index contributed by atoms with van der Waals surface area (Å²) < 4.78 is 39.9. The second-order valence-corrected chi connectivity index (χ2v) is 7.24. The standard InChI is InChI=1S/C12H14BrFN2O2S/c1-8-3-2-4-16(7-8)19(17,18)12-6-11(15)10(14)5-9(12)13/h3,5-6H,2,4,7,15H2,1H3. The van der Waals surface area contributed by atoms with E-state index < -0.39 is 15.8 Å². The Hall–Kier alpha value is -0.920. The molecule has 0 bridgehead atoms. The maximum atomic E-state index is 13.3. The molecule has 2 N–H and O–H groups in total. The summed E-state index contributed by atoms with van der Waals surface area (Å²) in [5.74, 6) is -0.638. The van der Waals surface area contributed by atoms with Crippen LogP contribution in [0.25, 0.3) is 0 Å². The molecule has 19 heavy (non-hydrogen) atoms. The molecule has 0 saturated carbocycles. The fourth-order valence-corrected chi connectivity index (χ4v) is 4.47. The van der Waals surface area contributed by atoms with E-state index in [0.717, 1.165) is 17.7 Å². The van der Waals surface area contributed by atoms with Crippen LogP contribution < -0.4 is 5.73 Å². The third-order valence-corrected chi connectivity index (χ3v) is 5.77. The molecule has 0 fully saturated rings. The fraction of sp³-hybridized carbons (Fsp3) is 0.333. The van der Waals surface area contributed by atoms with Gasteiger partial charge in [-0.05, 0) is 41.4 Å². The third-order valence-electron chi connectivity index (χ3n) is 2.97. The fourth-order valence-electron chi connectivity index (χ4n) is 1.96. The van der Waals surface area contributed by atoms with Crippen molar-refractivity contribution in [3.05, 3.63) is 34.1 Å². The molecule has 0 spiro atoms. The lowest BCUT2D eigenvalue weighted by atomic mass is 10.2. The summed E-state index contributed by atoms with van der Waals surface area (Å²) in [6, 6.07) is 2.23. The van der Waals surface area contributed by atoms with Crippen molar-refractivity contribution >= 4 is 31.6 Å². The minimum Gasteiger partial charge on any atom is -0.396 e. The number of nitrogen functional groups attached to an aromatic ring is 1. The highest BCUT2D eigenvalue weighted by atomic mass is 79.9. The molecule has 1 aliphatic rings. The summed E-state index contributed by atoms with van der Waals surface area (Å²) in [5, 5.41) is 0. The van der Waals surface area contributed by atoms with Gasteiger partial charge in [0.25, 0.3) is 0 Å². The third kappa shape index (κ3) is 2.82. The van der Waals surface area contributed by atoms with Crippen LogP contribution in [0, 0.1) is 5.82 Å². The first kappa shape index (κ1) is 14.5. The van der Waals surface area contributed by atoms with Crippen molar-refractivity contribution in [2.75, 3.05) is 18.8 Å². The Morgan fingerprint density at radius 1 is 1.42 bits per heavy atom. The quantitative estimate of drug-likeness (QED) is 0.659. The van der Waals surface area contributed by atoms with Crippen LogP contribution in [0.15, 0.2) is 33.2 Å². The molecule has 2 rings (SSSR count). The summed E-state index contributed by atoms with van der Waals surface area (Å²) in [6.45, 7) is 2.66. The molecule has 0 amide bonds. The first-order chi connectivity index (χ1) is 8.82. The highest BCUT2D eigenvalue weighted by Gasteiger charge is 2.28. The maximum absolute atomic E-state index is 13.3. The Labute approximate surface area is 120 Å². The molecule has 1 aromatic carbocycles. The number of hydrogen-bond donors (Lipinski definition) is 1. The van der Waals surface area contributed by atoms with Gasteiger partial charge in [0.05, 0.1) is 10.6 Å². The topological polar surface area (TPSA) is 63.4 Å². The molecule has 7 heteroatoms. The Morgan fingerprint density at radius 2 is 2.11 bits per heavy atom. The highest BCUT2D eigenvalue weighted by Crippen LogP contribution is 2.30. The molecule has 0 atom stereocenters. The monoisotopic (exact) mass is 348 g/mol. The van der Waals surface area contributed by atoms with Crippen LogP contribution in [0.2, 0.25) is 0 Å². The van der Waals surface area contributed by atoms with E-state index in [1.807, 2.05) is 13.0 Å². The van der Waals surface area contributed by atoms with Crippen molar-refractivity contribution < 1.29 is 12.8 Å². The SMILES string of the molecule is CC1=CCCN(S(=O)(=O)c2cc(N)c(F)cc2Br)C1. The lowest BCUT2D eigenvalue weighted by Gasteiger charge is -2.26. The van der Waals surface area contributed by atoms with Crippen molar-refractivity contribution in [2.45, 2.75) is 18.2 Å². The molecule has 0 radical (unpaired) electrons. The van der Waals surface area contributed by atoms with E-state index in [4.69, 9.17) is 5.73 Å². The molecule has 0 unspecified atom stereocenters. The molecule has 1 aliphatic heterocycles. The van der Waals surface area contributed by atoms with Gasteiger partial charge in [-0.2, -0.15) is 4.31 Å². The molecule has 0 aromatic heterocycles. The molecule has 104 valence electrons.